The number of rotatable bonds is 6. The zero-order valence-corrected chi connectivity index (χ0v) is 22.5. The number of hydrogen-bond donors (Lipinski definition) is 0. The second-order valence-corrected chi connectivity index (χ2v) is 9.96. The Bertz CT molecular complexity index is 1290. The summed E-state index contributed by atoms with van der Waals surface area (Å²) < 4.78 is 11.3. The van der Waals surface area contributed by atoms with E-state index in [9.17, 15) is 9.59 Å². The van der Waals surface area contributed by atoms with Crippen LogP contribution in [-0.4, -0.2) is 86.1 Å². The van der Waals surface area contributed by atoms with Gasteiger partial charge >= 0.3 is 0 Å². The first-order valence-electron chi connectivity index (χ1n) is 12.8. The van der Waals surface area contributed by atoms with Crippen LogP contribution < -0.4 is 14.5 Å². The molecule has 1 aromatic heterocycles. The van der Waals surface area contributed by atoms with Gasteiger partial charge in [-0.15, -0.1) is 0 Å². The Labute approximate surface area is 227 Å². The fraction of sp³-hybridized carbons (Fsp3) is 0.393. The van der Waals surface area contributed by atoms with E-state index in [1.807, 2.05) is 47.4 Å². The number of methoxy groups -OCH3 is 1. The molecule has 3 heterocycles. The smallest absolute Gasteiger partial charge is 0.242 e. The van der Waals surface area contributed by atoms with Crippen LogP contribution in [0.1, 0.15) is 12.3 Å². The van der Waals surface area contributed by atoms with Gasteiger partial charge in [0.2, 0.25) is 11.8 Å². The third-order valence-electron chi connectivity index (χ3n) is 7.18. The Balaban J connectivity index is 1.18. The number of aromatic nitrogens is 1. The fourth-order valence-electron chi connectivity index (χ4n) is 4.99. The number of hydrogen-bond acceptors (Lipinski definition) is 7. The molecule has 0 radical (unpaired) electrons. The Kier molecular flexibility index (Phi) is 7.74. The van der Waals surface area contributed by atoms with Crippen molar-refractivity contribution in [1.82, 2.24) is 14.8 Å². The van der Waals surface area contributed by atoms with Gasteiger partial charge in [0.1, 0.15) is 5.75 Å². The highest BCUT2D eigenvalue weighted by atomic mass is 35.5. The lowest BCUT2D eigenvalue weighted by molar-refractivity contribution is -0.140. The number of aryl methyl sites for hydroxylation is 1. The highest BCUT2D eigenvalue weighted by molar-refractivity contribution is 6.30. The Morgan fingerprint density at radius 2 is 1.66 bits per heavy atom. The van der Waals surface area contributed by atoms with E-state index in [-0.39, 0.29) is 18.4 Å². The molecule has 5 rings (SSSR count). The first kappa shape index (κ1) is 25.9. The lowest BCUT2D eigenvalue weighted by atomic mass is 10.1. The van der Waals surface area contributed by atoms with E-state index in [4.69, 9.17) is 20.8 Å². The summed E-state index contributed by atoms with van der Waals surface area (Å²) in [4.78, 5) is 38.1. The van der Waals surface area contributed by atoms with Gasteiger partial charge in [0.15, 0.2) is 11.7 Å². The van der Waals surface area contributed by atoms with Gasteiger partial charge < -0.3 is 28.8 Å². The molecule has 0 spiro atoms. The third-order valence-corrected chi connectivity index (χ3v) is 7.43. The minimum absolute atomic E-state index is 0.00127. The summed E-state index contributed by atoms with van der Waals surface area (Å²) in [6.07, 6.45) is 2.03. The van der Waals surface area contributed by atoms with Crippen molar-refractivity contribution < 1.29 is 18.7 Å². The van der Waals surface area contributed by atoms with E-state index in [2.05, 4.69) is 14.8 Å². The van der Waals surface area contributed by atoms with Gasteiger partial charge in [-0.2, -0.15) is 0 Å². The standard InChI is InChI=1S/C28H32ClN5O4/c1-20-30-18-26(38-20)24-8-7-23(17-25(24)37-2)31-10-9-27(35)34(16-13-31)19-28(36)33-14-11-32(12-15-33)22-5-3-21(29)4-6-22/h3-8,17-18H,9-16,19H2,1-2H3. The van der Waals surface area contributed by atoms with E-state index in [0.717, 1.165) is 30.0 Å². The minimum atomic E-state index is -0.00377. The highest BCUT2D eigenvalue weighted by Gasteiger charge is 2.27. The van der Waals surface area contributed by atoms with E-state index in [1.54, 1.807) is 25.1 Å². The SMILES string of the molecule is COc1cc(N2CCC(=O)N(CC(=O)N3CCN(c4ccc(Cl)cc4)CC3)CC2)ccc1-c1cnc(C)o1. The number of carbonyl (C=O) groups is 2. The average molecular weight is 538 g/mol. The lowest BCUT2D eigenvalue weighted by Gasteiger charge is -2.37. The van der Waals surface area contributed by atoms with E-state index in [0.29, 0.717) is 61.6 Å². The Morgan fingerprint density at radius 1 is 0.974 bits per heavy atom. The van der Waals surface area contributed by atoms with Crippen LogP contribution in [0.3, 0.4) is 0 Å². The number of piperazine rings is 1. The quantitative estimate of drug-likeness (QED) is 0.474. The number of anilines is 2. The molecule has 2 aromatic carbocycles. The van der Waals surface area contributed by atoms with Gasteiger partial charge in [-0.3, -0.25) is 9.59 Å². The van der Waals surface area contributed by atoms with Crippen LogP contribution in [0, 0.1) is 6.92 Å². The number of benzene rings is 2. The predicted molar refractivity (Wildman–Crippen MR) is 147 cm³/mol. The molecule has 2 amide bonds. The maximum atomic E-state index is 13.1. The van der Waals surface area contributed by atoms with Crippen LogP contribution >= 0.6 is 11.6 Å². The van der Waals surface area contributed by atoms with Gasteiger partial charge in [0, 0.05) is 81.6 Å². The van der Waals surface area contributed by atoms with Crippen molar-refractivity contribution in [3.63, 3.8) is 0 Å². The van der Waals surface area contributed by atoms with Crippen LogP contribution in [0.5, 0.6) is 5.75 Å². The maximum Gasteiger partial charge on any atom is 0.242 e. The molecule has 2 aliphatic heterocycles. The summed E-state index contributed by atoms with van der Waals surface area (Å²) in [6, 6.07) is 13.7. The molecule has 3 aromatic rings. The number of halogens is 1. The van der Waals surface area contributed by atoms with Gasteiger partial charge in [-0.25, -0.2) is 4.98 Å². The zero-order chi connectivity index (χ0) is 26.6. The largest absolute Gasteiger partial charge is 0.496 e. The Hall–Kier alpha value is -3.72. The van der Waals surface area contributed by atoms with Crippen molar-refractivity contribution in [3.8, 4) is 17.1 Å². The summed E-state index contributed by atoms with van der Waals surface area (Å²) in [5.74, 6) is 1.92. The summed E-state index contributed by atoms with van der Waals surface area (Å²) in [5.41, 5.74) is 2.89. The average Bonchev–Trinajstić information content (AvgIpc) is 3.29. The van der Waals surface area contributed by atoms with Gasteiger partial charge in [-0.1, -0.05) is 11.6 Å². The summed E-state index contributed by atoms with van der Waals surface area (Å²) >= 11 is 6.00. The molecular weight excluding hydrogens is 506 g/mol. The van der Waals surface area contributed by atoms with Crippen LogP contribution in [0.4, 0.5) is 11.4 Å². The first-order chi connectivity index (χ1) is 18.4. The summed E-state index contributed by atoms with van der Waals surface area (Å²) in [6.45, 7) is 6.37. The molecule has 0 bridgehead atoms. The van der Waals surface area contributed by atoms with Crippen molar-refractivity contribution in [2.24, 2.45) is 0 Å². The minimum Gasteiger partial charge on any atom is -0.496 e. The lowest BCUT2D eigenvalue weighted by Crippen LogP contribution is -2.52. The number of oxazole rings is 1. The molecule has 0 unspecified atom stereocenters. The van der Waals surface area contributed by atoms with E-state index in [1.165, 1.54) is 0 Å². The van der Waals surface area contributed by atoms with E-state index < -0.39 is 0 Å². The molecule has 2 saturated heterocycles. The highest BCUT2D eigenvalue weighted by Crippen LogP contribution is 2.34. The summed E-state index contributed by atoms with van der Waals surface area (Å²) in [5, 5.41) is 0.709. The number of nitrogens with zero attached hydrogens (tertiary/aromatic N) is 5. The molecule has 0 atom stereocenters. The molecule has 0 saturated carbocycles. The van der Waals surface area contributed by atoms with Crippen LogP contribution in [0.15, 0.2) is 53.1 Å². The van der Waals surface area contributed by atoms with Gasteiger partial charge in [0.05, 0.1) is 25.4 Å². The zero-order valence-electron chi connectivity index (χ0n) is 21.7. The summed E-state index contributed by atoms with van der Waals surface area (Å²) in [7, 11) is 1.63. The normalized spacial score (nSPS) is 16.6. The van der Waals surface area contributed by atoms with Crippen LogP contribution in [-0.2, 0) is 9.59 Å². The molecule has 0 aliphatic carbocycles. The molecule has 38 heavy (non-hydrogen) atoms. The molecular formula is C28H32ClN5O4. The predicted octanol–water partition coefficient (Wildman–Crippen LogP) is 3.70. The second-order valence-electron chi connectivity index (χ2n) is 9.52. The van der Waals surface area contributed by atoms with E-state index >= 15 is 0 Å². The molecule has 0 N–H and O–H groups in total. The van der Waals surface area contributed by atoms with Crippen molar-refractivity contribution >= 4 is 34.8 Å². The monoisotopic (exact) mass is 537 g/mol. The number of ether oxygens (including phenoxy) is 1. The molecule has 2 fully saturated rings. The topological polar surface area (TPSA) is 82.4 Å². The number of carbonyl (C=O) groups excluding carboxylic acids is 2. The van der Waals surface area contributed by atoms with Crippen molar-refractivity contribution in [3.05, 3.63) is 59.6 Å². The fourth-order valence-corrected chi connectivity index (χ4v) is 5.11. The third kappa shape index (κ3) is 5.72. The molecule has 10 heteroatoms. The van der Waals surface area contributed by atoms with Crippen LogP contribution in [0.25, 0.3) is 11.3 Å². The molecule has 200 valence electrons. The maximum absolute atomic E-state index is 13.1. The second kappa shape index (κ2) is 11.3. The molecule has 9 nitrogen and oxygen atoms in total. The van der Waals surface area contributed by atoms with Crippen molar-refractivity contribution in [1.29, 1.82) is 0 Å². The van der Waals surface area contributed by atoms with Crippen LogP contribution in [0.2, 0.25) is 5.02 Å². The van der Waals surface area contributed by atoms with Crippen molar-refractivity contribution in [2.45, 2.75) is 13.3 Å². The van der Waals surface area contributed by atoms with Gasteiger partial charge in [0.25, 0.3) is 0 Å². The molecule has 2 aliphatic rings. The number of amides is 2. The van der Waals surface area contributed by atoms with Crippen molar-refractivity contribution in [2.75, 3.05) is 69.3 Å². The first-order valence-corrected chi connectivity index (χ1v) is 13.2. The Morgan fingerprint density at radius 3 is 2.34 bits per heavy atom. The van der Waals surface area contributed by atoms with Gasteiger partial charge in [-0.05, 0) is 36.4 Å².